The largest absolute Gasteiger partial charge is 0.343 e. The molecule has 3 saturated heterocycles. The van der Waals surface area contributed by atoms with E-state index in [2.05, 4.69) is 10.6 Å². The lowest BCUT2D eigenvalue weighted by Gasteiger charge is -2.39. The van der Waals surface area contributed by atoms with E-state index >= 15 is 0 Å². The average molecular weight is 616 g/mol. The Bertz CT molecular complexity index is 1420. The highest BCUT2D eigenvalue weighted by Gasteiger charge is 2.51. The minimum absolute atomic E-state index is 0.00946. The number of piperazine rings is 1. The van der Waals surface area contributed by atoms with Gasteiger partial charge in [0.25, 0.3) is 5.91 Å². The number of nitrogens with two attached hydrogens (primary N) is 2. The highest BCUT2D eigenvalue weighted by molar-refractivity contribution is 6.08. The third kappa shape index (κ3) is 6.21. The average Bonchev–Trinajstić information content (AvgIpc) is 3.75. The van der Waals surface area contributed by atoms with Crippen LogP contribution in [-0.2, 0) is 32.0 Å². The first-order valence-electron chi connectivity index (χ1n) is 16.3. The maximum Gasteiger partial charge on any atom is 0.250 e. The molecule has 4 aliphatic heterocycles. The van der Waals surface area contributed by atoms with Crippen LogP contribution in [-0.4, -0.2) is 95.4 Å². The standard InChI is InChI=1S/C34H45N7O4/c1-21-15-30(34(45)40(21)29(13-7-8-14-35)33(44)39-20-24-18-25(39)19-37-24)41-28-12-6-5-11-23(28)17-27(32(41)43)38-31(42)26(36)16-22-9-3-2-4-10-22/h2-6,9-12,21,24-27,29-30,37H,7-8,13-20,35-36H2,1H3,(H,38,42). The lowest BCUT2D eigenvalue weighted by Crippen LogP contribution is -2.60. The molecule has 11 nitrogen and oxygen atoms in total. The summed E-state index contributed by atoms with van der Waals surface area (Å²) in [6.07, 6.45) is 4.01. The van der Waals surface area contributed by atoms with E-state index in [4.69, 9.17) is 11.5 Å². The zero-order valence-electron chi connectivity index (χ0n) is 25.9. The number of hydrogen-bond acceptors (Lipinski definition) is 7. The summed E-state index contributed by atoms with van der Waals surface area (Å²) in [4.78, 5) is 61.1. The van der Waals surface area contributed by atoms with Crippen LogP contribution in [0.5, 0.6) is 0 Å². The Labute approximate surface area is 264 Å². The van der Waals surface area contributed by atoms with Gasteiger partial charge in [0.1, 0.15) is 18.1 Å². The number of rotatable bonds is 11. The summed E-state index contributed by atoms with van der Waals surface area (Å²) in [5.74, 6) is -0.990. The van der Waals surface area contributed by atoms with Crippen LogP contribution in [0.15, 0.2) is 54.6 Å². The highest BCUT2D eigenvalue weighted by Crippen LogP contribution is 2.37. The quantitative estimate of drug-likeness (QED) is 0.271. The number of para-hydroxylation sites is 1. The first-order chi connectivity index (χ1) is 21.8. The number of anilines is 1. The molecule has 2 aromatic carbocycles. The number of carbonyl (C=O) groups is 4. The second-order valence-electron chi connectivity index (χ2n) is 13.0. The molecule has 7 atom stereocenters. The summed E-state index contributed by atoms with van der Waals surface area (Å²) in [7, 11) is 0. The van der Waals surface area contributed by atoms with Crippen molar-refractivity contribution in [3.8, 4) is 0 Å². The molecule has 6 N–H and O–H groups in total. The molecule has 4 aliphatic rings. The molecule has 2 bridgehead atoms. The van der Waals surface area contributed by atoms with Crippen molar-refractivity contribution in [2.24, 2.45) is 11.5 Å². The number of carbonyl (C=O) groups excluding carboxylic acids is 4. The zero-order valence-corrected chi connectivity index (χ0v) is 25.9. The van der Waals surface area contributed by atoms with Gasteiger partial charge in [-0.05, 0) is 69.2 Å². The molecule has 2 aromatic rings. The predicted octanol–water partition coefficient (Wildman–Crippen LogP) is 0.690. The number of fused-ring (bicyclic) bond motifs is 3. The molecule has 0 spiro atoms. The Morgan fingerprint density at radius 2 is 1.78 bits per heavy atom. The predicted molar refractivity (Wildman–Crippen MR) is 171 cm³/mol. The van der Waals surface area contributed by atoms with Crippen molar-refractivity contribution >= 4 is 29.3 Å². The fourth-order valence-corrected chi connectivity index (χ4v) is 7.68. The van der Waals surface area contributed by atoms with Crippen molar-refractivity contribution in [3.05, 3.63) is 65.7 Å². The molecule has 0 saturated carbocycles. The third-order valence-corrected chi connectivity index (χ3v) is 9.95. The van der Waals surface area contributed by atoms with Crippen LogP contribution < -0.4 is 27.0 Å². The Morgan fingerprint density at radius 1 is 1.02 bits per heavy atom. The number of amides is 4. The second kappa shape index (κ2) is 13.3. The Hall–Kier alpha value is -3.80. The molecule has 7 unspecified atom stereocenters. The van der Waals surface area contributed by atoms with Crippen LogP contribution in [0.2, 0.25) is 0 Å². The van der Waals surface area contributed by atoms with Crippen molar-refractivity contribution in [2.75, 3.05) is 24.5 Å². The molecule has 6 rings (SSSR count). The van der Waals surface area contributed by atoms with Gasteiger partial charge in [-0.2, -0.15) is 0 Å². The molecular formula is C34H45N7O4. The van der Waals surface area contributed by atoms with Gasteiger partial charge in [0, 0.05) is 43.3 Å². The monoisotopic (exact) mass is 615 g/mol. The van der Waals surface area contributed by atoms with Gasteiger partial charge < -0.3 is 31.9 Å². The first kappa shape index (κ1) is 31.2. The Morgan fingerprint density at radius 3 is 2.49 bits per heavy atom. The van der Waals surface area contributed by atoms with Crippen LogP contribution in [0.1, 0.15) is 50.2 Å². The van der Waals surface area contributed by atoms with E-state index in [-0.39, 0.29) is 29.8 Å². The lowest BCUT2D eigenvalue weighted by atomic mass is 9.94. The smallest absolute Gasteiger partial charge is 0.250 e. The van der Waals surface area contributed by atoms with Crippen LogP contribution in [0.25, 0.3) is 0 Å². The molecule has 11 heteroatoms. The molecule has 4 heterocycles. The van der Waals surface area contributed by atoms with Gasteiger partial charge in [-0.3, -0.25) is 24.1 Å². The van der Waals surface area contributed by atoms with Crippen LogP contribution in [0, 0.1) is 0 Å². The molecule has 0 aliphatic carbocycles. The number of benzene rings is 2. The van der Waals surface area contributed by atoms with Gasteiger partial charge in [-0.25, -0.2) is 0 Å². The minimum Gasteiger partial charge on any atom is -0.343 e. The van der Waals surface area contributed by atoms with Crippen LogP contribution >= 0.6 is 0 Å². The number of likely N-dealkylation sites (tertiary alicyclic amines) is 2. The van der Waals surface area contributed by atoms with E-state index in [0.29, 0.717) is 50.5 Å². The fourth-order valence-electron chi connectivity index (χ4n) is 7.68. The van der Waals surface area contributed by atoms with Gasteiger partial charge in [0.15, 0.2) is 0 Å². The normalized spacial score (nSPS) is 27.1. The summed E-state index contributed by atoms with van der Waals surface area (Å²) < 4.78 is 0. The summed E-state index contributed by atoms with van der Waals surface area (Å²) in [6, 6.07) is 14.2. The second-order valence-corrected chi connectivity index (χ2v) is 13.0. The summed E-state index contributed by atoms with van der Waals surface area (Å²) >= 11 is 0. The van der Waals surface area contributed by atoms with E-state index < -0.39 is 30.1 Å². The van der Waals surface area contributed by atoms with Gasteiger partial charge in [-0.1, -0.05) is 48.5 Å². The maximum absolute atomic E-state index is 14.4. The summed E-state index contributed by atoms with van der Waals surface area (Å²) in [5, 5.41) is 6.34. The van der Waals surface area contributed by atoms with Gasteiger partial charge in [0.2, 0.25) is 17.7 Å². The van der Waals surface area contributed by atoms with Crippen molar-refractivity contribution in [1.29, 1.82) is 0 Å². The molecule has 0 aromatic heterocycles. The van der Waals surface area contributed by atoms with Gasteiger partial charge in [0.05, 0.1) is 6.04 Å². The molecule has 4 amide bonds. The van der Waals surface area contributed by atoms with E-state index in [1.165, 1.54) is 0 Å². The van der Waals surface area contributed by atoms with E-state index in [1.807, 2.05) is 66.4 Å². The minimum atomic E-state index is -0.860. The van der Waals surface area contributed by atoms with E-state index in [0.717, 1.165) is 36.9 Å². The van der Waals surface area contributed by atoms with Gasteiger partial charge >= 0.3 is 0 Å². The molecular weight excluding hydrogens is 570 g/mol. The highest BCUT2D eigenvalue weighted by atomic mass is 16.2. The molecule has 45 heavy (non-hydrogen) atoms. The van der Waals surface area contributed by atoms with Crippen molar-refractivity contribution < 1.29 is 19.2 Å². The van der Waals surface area contributed by atoms with Crippen LogP contribution in [0.4, 0.5) is 5.69 Å². The van der Waals surface area contributed by atoms with Crippen molar-refractivity contribution in [3.63, 3.8) is 0 Å². The number of hydrogen-bond donors (Lipinski definition) is 4. The van der Waals surface area contributed by atoms with Crippen molar-refractivity contribution in [1.82, 2.24) is 20.4 Å². The third-order valence-electron chi connectivity index (χ3n) is 9.95. The lowest BCUT2D eigenvalue weighted by molar-refractivity contribution is -0.146. The molecule has 0 radical (unpaired) electrons. The summed E-state index contributed by atoms with van der Waals surface area (Å²) in [5.41, 5.74) is 14.5. The van der Waals surface area contributed by atoms with E-state index in [1.54, 1.807) is 9.80 Å². The zero-order chi connectivity index (χ0) is 31.7. The van der Waals surface area contributed by atoms with Crippen LogP contribution in [0.3, 0.4) is 0 Å². The summed E-state index contributed by atoms with van der Waals surface area (Å²) in [6.45, 7) is 3.91. The molecule has 240 valence electrons. The fraction of sp³-hybridized carbons (Fsp3) is 0.529. The Balaban J connectivity index is 1.23. The number of nitrogens with zero attached hydrogens (tertiary/aromatic N) is 3. The van der Waals surface area contributed by atoms with Crippen molar-refractivity contribution in [2.45, 2.75) is 94.2 Å². The topological polar surface area (TPSA) is 154 Å². The number of nitrogens with one attached hydrogen (secondary N) is 2. The first-order valence-corrected chi connectivity index (χ1v) is 16.3. The van der Waals surface area contributed by atoms with E-state index in [9.17, 15) is 19.2 Å². The number of unbranched alkanes of at least 4 members (excludes halogenated alkanes) is 1. The molecule has 3 fully saturated rings. The Kier molecular flexibility index (Phi) is 9.21. The van der Waals surface area contributed by atoms with Gasteiger partial charge in [-0.15, -0.1) is 0 Å². The maximum atomic E-state index is 14.4. The SMILES string of the molecule is CC1CC(N2C(=O)C(NC(=O)C(N)Cc3ccccc3)Cc3ccccc32)C(=O)N1C(CCCCN)C(=O)N1CC2CC1CN2.